The van der Waals surface area contributed by atoms with Crippen molar-refractivity contribution in [2.45, 2.75) is 32.7 Å². The highest BCUT2D eigenvalue weighted by molar-refractivity contribution is 4.88. The molecule has 0 aromatic rings. The van der Waals surface area contributed by atoms with Gasteiger partial charge in [0.2, 0.25) is 0 Å². The third-order valence-corrected chi connectivity index (χ3v) is 3.86. The SMILES string of the molecule is CCCNCC1(CN(C)C(C)COC)CCOC1. The van der Waals surface area contributed by atoms with E-state index >= 15 is 0 Å². The van der Waals surface area contributed by atoms with Crippen molar-refractivity contribution < 1.29 is 9.47 Å². The Hall–Kier alpha value is -0.160. The Morgan fingerprint density at radius 3 is 2.83 bits per heavy atom. The Labute approximate surface area is 112 Å². The van der Waals surface area contributed by atoms with E-state index in [1.807, 2.05) is 0 Å². The standard InChI is InChI=1S/C14H30N2O2/c1-5-7-15-10-14(6-8-18-12-14)11-16(3)13(2)9-17-4/h13,15H,5-12H2,1-4H3. The average molecular weight is 258 g/mol. The Morgan fingerprint density at radius 1 is 1.50 bits per heavy atom. The molecule has 4 nitrogen and oxygen atoms in total. The lowest BCUT2D eigenvalue weighted by Gasteiger charge is -2.35. The first-order chi connectivity index (χ1) is 8.63. The molecule has 1 aliphatic rings. The lowest BCUT2D eigenvalue weighted by atomic mass is 9.86. The molecule has 1 saturated heterocycles. The average Bonchev–Trinajstić information content (AvgIpc) is 2.78. The van der Waals surface area contributed by atoms with Gasteiger partial charge in [0.25, 0.3) is 0 Å². The van der Waals surface area contributed by atoms with Gasteiger partial charge in [-0.15, -0.1) is 0 Å². The fourth-order valence-electron chi connectivity index (χ4n) is 2.55. The number of hydrogen-bond acceptors (Lipinski definition) is 4. The minimum atomic E-state index is 0.284. The molecular weight excluding hydrogens is 228 g/mol. The van der Waals surface area contributed by atoms with Gasteiger partial charge in [0.15, 0.2) is 0 Å². The molecule has 0 aliphatic carbocycles. The molecule has 4 heteroatoms. The van der Waals surface area contributed by atoms with Crippen molar-refractivity contribution in [1.82, 2.24) is 10.2 Å². The van der Waals surface area contributed by atoms with Crippen LogP contribution < -0.4 is 5.32 Å². The van der Waals surface area contributed by atoms with Crippen LogP contribution in [0.15, 0.2) is 0 Å². The molecule has 108 valence electrons. The van der Waals surface area contributed by atoms with Gasteiger partial charge in [0.1, 0.15) is 0 Å². The quantitative estimate of drug-likeness (QED) is 0.633. The molecule has 1 rings (SSSR count). The highest BCUT2D eigenvalue weighted by Crippen LogP contribution is 2.29. The van der Waals surface area contributed by atoms with E-state index in [0.717, 1.165) is 45.9 Å². The Bertz CT molecular complexity index is 218. The minimum Gasteiger partial charge on any atom is -0.383 e. The van der Waals surface area contributed by atoms with Crippen LogP contribution in [0, 0.1) is 5.41 Å². The molecule has 1 aliphatic heterocycles. The van der Waals surface area contributed by atoms with Gasteiger partial charge in [-0.1, -0.05) is 6.92 Å². The maximum atomic E-state index is 5.63. The predicted molar refractivity (Wildman–Crippen MR) is 75.0 cm³/mol. The Kier molecular flexibility index (Phi) is 7.15. The number of ether oxygens (including phenoxy) is 2. The summed E-state index contributed by atoms with van der Waals surface area (Å²) in [6.07, 6.45) is 2.35. The fraction of sp³-hybridized carbons (Fsp3) is 1.00. The summed E-state index contributed by atoms with van der Waals surface area (Å²) in [5.74, 6) is 0. The first kappa shape index (κ1) is 15.9. The van der Waals surface area contributed by atoms with E-state index in [9.17, 15) is 0 Å². The van der Waals surface area contributed by atoms with Crippen LogP contribution in [0.4, 0.5) is 0 Å². The maximum Gasteiger partial charge on any atom is 0.0615 e. The molecule has 0 bridgehead atoms. The van der Waals surface area contributed by atoms with Crippen molar-refractivity contribution >= 4 is 0 Å². The number of nitrogens with zero attached hydrogens (tertiary/aromatic N) is 1. The highest BCUT2D eigenvalue weighted by atomic mass is 16.5. The minimum absolute atomic E-state index is 0.284. The molecule has 1 heterocycles. The lowest BCUT2D eigenvalue weighted by Crippen LogP contribution is -2.47. The first-order valence-electron chi connectivity index (χ1n) is 7.11. The van der Waals surface area contributed by atoms with E-state index < -0.39 is 0 Å². The summed E-state index contributed by atoms with van der Waals surface area (Å²) in [5.41, 5.74) is 0.284. The molecule has 18 heavy (non-hydrogen) atoms. The van der Waals surface area contributed by atoms with Crippen LogP contribution in [0.5, 0.6) is 0 Å². The summed E-state index contributed by atoms with van der Waals surface area (Å²) in [6, 6.07) is 0.457. The van der Waals surface area contributed by atoms with Crippen LogP contribution in [0.25, 0.3) is 0 Å². The first-order valence-corrected chi connectivity index (χ1v) is 7.11. The molecule has 0 spiro atoms. The zero-order valence-corrected chi connectivity index (χ0v) is 12.5. The number of likely N-dealkylation sites (N-methyl/N-ethyl adjacent to an activating group) is 1. The summed E-state index contributed by atoms with van der Waals surface area (Å²) >= 11 is 0. The third kappa shape index (κ3) is 4.84. The molecule has 0 amide bonds. The van der Waals surface area contributed by atoms with Gasteiger partial charge >= 0.3 is 0 Å². The van der Waals surface area contributed by atoms with Gasteiger partial charge in [-0.3, -0.25) is 0 Å². The van der Waals surface area contributed by atoms with Crippen LogP contribution in [-0.2, 0) is 9.47 Å². The van der Waals surface area contributed by atoms with Crippen molar-refractivity contribution in [3.05, 3.63) is 0 Å². The predicted octanol–water partition coefficient (Wildman–Crippen LogP) is 1.36. The van der Waals surface area contributed by atoms with E-state index in [1.165, 1.54) is 6.42 Å². The topological polar surface area (TPSA) is 33.7 Å². The summed E-state index contributed by atoms with van der Waals surface area (Å²) in [4.78, 5) is 2.39. The molecule has 0 aromatic heterocycles. The normalized spacial score (nSPS) is 25.8. The molecule has 1 fully saturated rings. The second-order valence-corrected chi connectivity index (χ2v) is 5.70. The molecule has 1 N–H and O–H groups in total. The number of hydrogen-bond donors (Lipinski definition) is 1. The molecule has 2 unspecified atom stereocenters. The van der Waals surface area contributed by atoms with Crippen LogP contribution in [0.2, 0.25) is 0 Å². The fourth-order valence-corrected chi connectivity index (χ4v) is 2.55. The zero-order chi connectivity index (χ0) is 13.4. The number of rotatable bonds is 9. The second-order valence-electron chi connectivity index (χ2n) is 5.70. The van der Waals surface area contributed by atoms with Crippen molar-refractivity contribution in [3.8, 4) is 0 Å². The van der Waals surface area contributed by atoms with E-state index in [1.54, 1.807) is 7.11 Å². The zero-order valence-electron chi connectivity index (χ0n) is 12.5. The smallest absolute Gasteiger partial charge is 0.0615 e. The Morgan fingerprint density at radius 2 is 2.28 bits per heavy atom. The van der Waals surface area contributed by atoms with Crippen LogP contribution in [-0.4, -0.2) is 64.6 Å². The monoisotopic (exact) mass is 258 g/mol. The van der Waals surface area contributed by atoms with E-state index in [2.05, 4.69) is 31.1 Å². The van der Waals surface area contributed by atoms with Crippen molar-refractivity contribution in [1.29, 1.82) is 0 Å². The second kappa shape index (κ2) is 8.10. The molecule has 2 atom stereocenters. The summed E-state index contributed by atoms with van der Waals surface area (Å²) in [7, 11) is 3.95. The van der Waals surface area contributed by atoms with Gasteiger partial charge < -0.3 is 19.7 Å². The maximum absolute atomic E-state index is 5.63. The number of nitrogens with one attached hydrogen (secondary N) is 1. The lowest BCUT2D eigenvalue weighted by molar-refractivity contribution is 0.0697. The van der Waals surface area contributed by atoms with E-state index in [-0.39, 0.29) is 5.41 Å². The van der Waals surface area contributed by atoms with E-state index in [4.69, 9.17) is 9.47 Å². The van der Waals surface area contributed by atoms with E-state index in [0.29, 0.717) is 6.04 Å². The summed E-state index contributed by atoms with van der Waals surface area (Å²) in [5, 5.41) is 3.56. The van der Waals surface area contributed by atoms with Crippen molar-refractivity contribution in [3.63, 3.8) is 0 Å². The molecule has 0 aromatic carbocycles. The van der Waals surface area contributed by atoms with Gasteiger partial charge in [-0.25, -0.2) is 0 Å². The van der Waals surface area contributed by atoms with Crippen molar-refractivity contribution in [2.75, 3.05) is 53.6 Å². The third-order valence-electron chi connectivity index (χ3n) is 3.86. The van der Waals surface area contributed by atoms with Crippen LogP contribution in [0.3, 0.4) is 0 Å². The van der Waals surface area contributed by atoms with Crippen LogP contribution in [0.1, 0.15) is 26.7 Å². The molecule has 0 radical (unpaired) electrons. The van der Waals surface area contributed by atoms with Crippen molar-refractivity contribution in [2.24, 2.45) is 5.41 Å². The highest BCUT2D eigenvalue weighted by Gasteiger charge is 2.36. The van der Waals surface area contributed by atoms with Crippen LogP contribution >= 0.6 is 0 Å². The number of methoxy groups -OCH3 is 1. The van der Waals surface area contributed by atoms with Gasteiger partial charge in [0.05, 0.1) is 13.2 Å². The van der Waals surface area contributed by atoms with Gasteiger partial charge in [0, 0.05) is 38.3 Å². The molecule has 0 saturated carbocycles. The molecular formula is C14H30N2O2. The Balaban J connectivity index is 2.45. The summed E-state index contributed by atoms with van der Waals surface area (Å²) < 4.78 is 10.9. The summed E-state index contributed by atoms with van der Waals surface area (Å²) in [6.45, 7) is 10.2. The van der Waals surface area contributed by atoms with Gasteiger partial charge in [-0.05, 0) is 33.4 Å². The van der Waals surface area contributed by atoms with Gasteiger partial charge in [-0.2, -0.15) is 0 Å². The largest absolute Gasteiger partial charge is 0.383 e.